The van der Waals surface area contributed by atoms with Crippen LogP contribution in [-0.2, 0) is 11.4 Å². The van der Waals surface area contributed by atoms with Crippen LogP contribution in [0.2, 0.25) is 5.02 Å². The van der Waals surface area contributed by atoms with E-state index in [4.69, 9.17) is 33.3 Å². The Morgan fingerprint density at radius 2 is 2.00 bits per heavy atom. The summed E-state index contributed by atoms with van der Waals surface area (Å²) in [6.07, 6.45) is 7.29. The van der Waals surface area contributed by atoms with E-state index in [1.807, 2.05) is 12.1 Å². The summed E-state index contributed by atoms with van der Waals surface area (Å²) in [6, 6.07) is 10.1. The van der Waals surface area contributed by atoms with Crippen LogP contribution in [0.4, 0.5) is 4.39 Å². The second-order valence-corrected chi connectivity index (χ2v) is 9.83. The van der Waals surface area contributed by atoms with E-state index in [2.05, 4.69) is 0 Å². The molecule has 32 heavy (non-hydrogen) atoms. The number of carbonyl (C=O) groups is 1. The standard InChI is InChI=1S/C24H23ClFNO3S2/c1-29-20-11-10-15(12-21(20)30-14-17-18(25)8-5-9-19(17)26)13-22-23(28)27(24(31)32-22)16-6-3-2-4-7-16/h5,8-13,16H,2-4,6-7,14H2,1H3. The average Bonchev–Trinajstić information content (AvgIpc) is 3.07. The zero-order valence-corrected chi connectivity index (χ0v) is 20.0. The first kappa shape index (κ1) is 23.1. The molecule has 4 rings (SSSR count). The van der Waals surface area contributed by atoms with E-state index in [1.54, 1.807) is 29.2 Å². The summed E-state index contributed by atoms with van der Waals surface area (Å²) in [4.78, 5) is 15.4. The minimum atomic E-state index is -0.431. The lowest BCUT2D eigenvalue weighted by Gasteiger charge is -2.29. The Kier molecular flexibility index (Phi) is 7.38. The number of hydrogen-bond donors (Lipinski definition) is 0. The highest BCUT2D eigenvalue weighted by atomic mass is 35.5. The Morgan fingerprint density at radius 1 is 1.22 bits per heavy atom. The molecule has 1 saturated heterocycles. The van der Waals surface area contributed by atoms with Crippen molar-refractivity contribution in [3.63, 3.8) is 0 Å². The summed E-state index contributed by atoms with van der Waals surface area (Å²) in [7, 11) is 1.53. The molecule has 0 spiro atoms. The minimum absolute atomic E-state index is 0.0386. The summed E-state index contributed by atoms with van der Waals surface area (Å²) in [5.41, 5.74) is 1.04. The lowest BCUT2D eigenvalue weighted by atomic mass is 9.94. The molecule has 2 aliphatic rings. The van der Waals surface area contributed by atoms with Gasteiger partial charge in [-0.1, -0.05) is 67.0 Å². The minimum Gasteiger partial charge on any atom is -0.493 e. The maximum atomic E-state index is 14.1. The molecular weight excluding hydrogens is 469 g/mol. The van der Waals surface area contributed by atoms with Gasteiger partial charge >= 0.3 is 0 Å². The Labute approximate surface area is 201 Å². The Hall–Kier alpha value is -2.09. The lowest BCUT2D eigenvalue weighted by molar-refractivity contribution is -0.124. The number of rotatable bonds is 6. The van der Waals surface area contributed by atoms with Crippen LogP contribution in [0.5, 0.6) is 11.5 Å². The predicted molar refractivity (Wildman–Crippen MR) is 131 cm³/mol. The van der Waals surface area contributed by atoms with E-state index >= 15 is 0 Å². The van der Waals surface area contributed by atoms with Gasteiger partial charge in [0.15, 0.2) is 11.5 Å². The van der Waals surface area contributed by atoms with Gasteiger partial charge in [-0.25, -0.2) is 4.39 Å². The molecule has 1 amide bonds. The van der Waals surface area contributed by atoms with Gasteiger partial charge < -0.3 is 9.47 Å². The van der Waals surface area contributed by atoms with Gasteiger partial charge in [0.25, 0.3) is 5.91 Å². The van der Waals surface area contributed by atoms with Gasteiger partial charge in [0, 0.05) is 11.6 Å². The van der Waals surface area contributed by atoms with Crippen molar-refractivity contribution in [2.45, 2.75) is 44.8 Å². The third-order valence-corrected chi connectivity index (χ3v) is 7.37. The van der Waals surface area contributed by atoms with E-state index < -0.39 is 5.82 Å². The van der Waals surface area contributed by atoms with Crippen LogP contribution in [0.3, 0.4) is 0 Å². The number of carbonyl (C=O) groups excluding carboxylic acids is 1. The molecule has 2 aromatic rings. The molecule has 1 aliphatic carbocycles. The highest BCUT2D eigenvalue weighted by Gasteiger charge is 2.37. The fourth-order valence-corrected chi connectivity index (χ4v) is 5.62. The van der Waals surface area contributed by atoms with Crippen molar-refractivity contribution in [3.05, 3.63) is 63.3 Å². The summed E-state index contributed by atoms with van der Waals surface area (Å²) >= 11 is 12.9. The Bertz CT molecular complexity index is 1050. The fourth-order valence-electron chi connectivity index (χ4n) is 4.00. The average molecular weight is 492 g/mol. The molecule has 0 bridgehead atoms. The molecular formula is C24H23ClFNO3S2. The van der Waals surface area contributed by atoms with Crippen molar-refractivity contribution >= 4 is 51.9 Å². The molecule has 8 heteroatoms. The van der Waals surface area contributed by atoms with Gasteiger partial charge in [0.05, 0.1) is 17.0 Å². The van der Waals surface area contributed by atoms with Crippen molar-refractivity contribution in [2.24, 2.45) is 0 Å². The van der Waals surface area contributed by atoms with E-state index in [-0.39, 0.29) is 24.1 Å². The van der Waals surface area contributed by atoms with E-state index in [0.717, 1.165) is 31.2 Å². The first-order valence-electron chi connectivity index (χ1n) is 10.5. The zero-order valence-electron chi connectivity index (χ0n) is 17.6. The first-order valence-corrected chi connectivity index (χ1v) is 12.1. The number of amides is 1. The molecule has 1 saturated carbocycles. The number of ether oxygens (including phenoxy) is 2. The summed E-state index contributed by atoms with van der Waals surface area (Å²) in [5.74, 6) is 0.468. The first-order chi connectivity index (χ1) is 15.5. The SMILES string of the molecule is COc1ccc(C=C2SC(=S)N(C3CCCCC3)C2=O)cc1OCc1c(F)cccc1Cl. The van der Waals surface area contributed by atoms with Crippen molar-refractivity contribution in [2.75, 3.05) is 7.11 Å². The molecule has 0 radical (unpaired) electrons. The maximum Gasteiger partial charge on any atom is 0.266 e. The van der Waals surface area contributed by atoms with Crippen LogP contribution in [0.1, 0.15) is 43.2 Å². The molecule has 2 fully saturated rings. The van der Waals surface area contributed by atoms with Gasteiger partial charge in [-0.05, 0) is 48.7 Å². The lowest BCUT2D eigenvalue weighted by Crippen LogP contribution is -2.39. The van der Waals surface area contributed by atoms with Gasteiger partial charge in [-0.3, -0.25) is 9.69 Å². The number of nitrogens with zero attached hydrogens (tertiary/aromatic N) is 1. The van der Waals surface area contributed by atoms with Crippen LogP contribution in [0, 0.1) is 5.82 Å². The van der Waals surface area contributed by atoms with Crippen LogP contribution in [0.25, 0.3) is 6.08 Å². The summed E-state index contributed by atoms with van der Waals surface area (Å²) in [6.45, 7) is -0.0465. The topological polar surface area (TPSA) is 38.8 Å². The highest BCUT2D eigenvalue weighted by molar-refractivity contribution is 8.26. The van der Waals surface area contributed by atoms with E-state index in [9.17, 15) is 9.18 Å². The molecule has 1 aliphatic heterocycles. The molecule has 0 aromatic heterocycles. The van der Waals surface area contributed by atoms with Gasteiger partial charge in [-0.2, -0.15) is 0 Å². The van der Waals surface area contributed by atoms with Gasteiger partial charge in [0.2, 0.25) is 0 Å². The molecule has 1 heterocycles. The maximum absolute atomic E-state index is 14.1. The number of thioether (sulfide) groups is 1. The van der Waals surface area contributed by atoms with Crippen molar-refractivity contribution in [1.82, 2.24) is 4.90 Å². The van der Waals surface area contributed by atoms with Gasteiger partial charge in [-0.15, -0.1) is 0 Å². The number of thiocarbonyl (C=S) groups is 1. The molecule has 168 valence electrons. The third-order valence-electron chi connectivity index (χ3n) is 5.68. The van der Waals surface area contributed by atoms with Crippen LogP contribution in [0.15, 0.2) is 41.3 Å². The second-order valence-electron chi connectivity index (χ2n) is 7.74. The molecule has 2 aromatic carbocycles. The monoisotopic (exact) mass is 491 g/mol. The Morgan fingerprint density at radius 3 is 2.72 bits per heavy atom. The third kappa shape index (κ3) is 4.95. The highest BCUT2D eigenvalue weighted by Crippen LogP contribution is 2.38. The van der Waals surface area contributed by atoms with Crippen molar-refractivity contribution < 1.29 is 18.7 Å². The number of hydrogen-bond acceptors (Lipinski definition) is 5. The van der Waals surface area contributed by atoms with Crippen LogP contribution in [-0.4, -0.2) is 28.3 Å². The number of methoxy groups -OCH3 is 1. The second kappa shape index (κ2) is 10.2. The summed E-state index contributed by atoms with van der Waals surface area (Å²) in [5, 5.41) is 0.298. The molecule has 0 N–H and O–H groups in total. The van der Waals surface area contributed by atoms with Crippen molar-refractivity contribution in [3.8, 4) is 11.5 Å². The molecule has 4 nitrogen and oxygen atoms in total. The molecule has 0 atom stereocenters. The van der Waals surface area contributed by atoms with E-state index in [0.29, 0.717) is 25.7 Å². The predicted octanol–water partition coefficient (Wildman–Crippen LogP) is 6.60. The smallest absolute Gasteiger partial charge is 0.266 e. The Balaban J connectivity index is 1.55. The van der Waals surface area contributed by atoms with Gasteiger partial charge in [0.1, 0.15) is 16.7 Å². The summed E-state index contributed by atoms with van der Waals surface area (Å²) < 4.78 is 25.9. The largest absolute Gasteiger partial charge is 0.493 e. The van der Waals surface area contributed by atoms with Crippen LogP contribution >= 0.6 is 35.6 Å². The van der Waals surface area contributed by atoms with Crippen LogP contribution < -0.4 is 9.47 Å². The molecule has 0 unspecified atom stereocenters. The van der Waals surface area contributed by atoms with E-state index in [1.165, 1.54) is 31.4 Å². The van der Waals surface area contributed by atoms with Crippen molar-refractivity contribution in [1.29, 1.82) is 0 Å². The number of halogens is 2. The fraction of sp³-hybridized carbons (Fsp3) is 0.333. The quantitative estimate of drug-likeness (QED) is 0.336. The normalized spacial score (nSPS) is 18.5. The zero-order chi connectivity index (χ0) is 22.7. The number of benzene rings is 2.